The summed E-state index contributed by atoms with van der Waals surface area (Å²) in [4.78, 5) is 12.1. The van der Waals surface area contributed by atoms with Gasteiger partial charge in [-0.2, -0.15) is 0 Å². The van der Waals surface area contributed by atoms with Crippen molar-refractivity contribution in [2.75, 3.05) is 14.2 Å². The van der Waals surface area contributed by atoms with Crippen molar-refractivity contribution in [3.05, 3.63) is 47.5 Å². The van der Waals surface area contributed by atoms with Gasteiger partial charge in [0.1, 0.15) is 5.78 Å². The number of carbonyl (C=O) groups excluding carboxylic acids is 1. The van der Waals surface area contributed by atoms with Crippen LogP contribution in [0.4, 0.5) is 0 Å². The molecule has 4 bridgehead atoms. The molecule has 0 spiro atoms. The van der Waals surface area contributed by atoms with E-state index >= 15 is 0 Å². The Bertz CT molecular complexity index is 752. The fraction of sp³-hybridized carbons (Fsp3) is 0.381. The first kappa shape index (κ1) is 17.3. The Labute approximate surface area is 148 Å². The van der Waals surface area contributed by atoms with Gasteiger partial charge in [-0.1, -0.05) is 12.1 Å². The van der Waals surface area contributed by atoms with Crippen LogP contribution in [0.25, 0.3) is 0 Å². The molecule has 0 N–H and O–H groups in total. The zero-order chi connectivity index (χ0) is 17.6. The summed E-state index contributed by atoms with van der Waals surface area (Å²) >= 11 is 0. The first-order valence-corrected chi connectivity index (χ1v) is 8.73. The van der Waals surface area contributed by atoms with E-state index in [1.807, 2.05) is 36.4 Å². The van der Waals surface area contributed by atoms with Gasteiger partial charge in [0.25, 0.3) is 0 Å². The molecule has 0 saturated carbocycles. The largest absolute Gasteiger partial charge is 0.493 e. The molecule has 2 aromatic rings. The van der Waals surface area contributed by atoms with E-state index in [1.54, 1.807) is 14.2 Å². The number of Topliss-reactive ketones (excluding diaryl/α,β-unsaturated/α-hetero) is 1. The lowest BCUT2D eigenvalue weighted by Crippen LogP contribution is -2.01. The van der Waals surface area contributed by atoms with Crippen molar-refractivity contribution in [2.24, 2.45) is 0 Å². The first-order valence-electron chi connectivity index (χ1n) is 8.73. The number of hydrogen-bond acceptors (Lipinski definition) is 4. The topological polar surface area (TPSA) is 44.8 Å². The van der Waals surface area contributed by atoms with Crippen molar-refractivity contribution in [3.8, 4) is 23.0 Å². The van der Waals surface area contributed by atoms with Gasteiger partial charge in [0.2, 0.25) is 0 Å². The molecule has 0 saturated heterocycles. The molecular formula is C21H24O4. The van der Waals surface area contributed by atoms with Crippen LogP contribution in [0, 0.1) is 0 Å². The second-order valence-corrected chi connectivity index (χ2v) is 6.32. The van der Waals surface area contributed by atoms with E-state index in [-0.39, 0.29) is 0 Å². The molecule has 4 nitrogen and oxygen atoms in total. The highest BCUT2D eigenvalue weighted by molar-refractivity contribution is 5.78. The average Bonchev–Trinajstić information content (AvgIpc) is 2.64. The van der Waals surface area contributed by atoms with Gasteiger partial charge in [-0.3, -0.25) is 4.79 Å². The minimum absolute atomic E-state index is 0.324. The number of aryl methyl sites for hydroxylation is 2. The van der Waals surface area contributed by atoms with E-state index in [4.69, 9.17) is 14.2 Å². The smallest absolute Gasteiger partial charge is 0.169 e. The van der Waals surface area contributed by atoms with Crippen LogP contribution >= 0.6 is 0 Å². The van der Waals surface area contributed by atoms with Crippen molar-refractivity contribution in [2.45, 2.75) is 38.5 Å². The van der Waals surface area contributed by atoms with Crippen molar-refractivity contribution in [1.29, 1.82) is 0 Å². The lowest BCUT2D eigenvalue weighted by atomic mass is 10.0. The summed E-state index contributed by atoms with van der Waals surface area (Å²) < 4.78 is 17.0. The minimum atomic E-state index is 0.324. The van der Waals surface area contributed by atoms with Gasteiger partial charge >= 0.3 is 0 Å². The minimum Gasteiger partial charge on any atom is -0.493 e. The maximum absolute atomic E-state index is 12.1. The summed E-state index contributed by atoms with van der Waals surface area (Å²) in [7, 11) is 3.26. The van der Waals surface area contributed by atoms with Crippen LogP contribution in [0.15, 0.2) is 36.4 Å². The van der Waals surface area contributed by atoms with E-state index in [0.29, 0.717) is 41.6 Å². The Hall–Kier alpha value is -2.49. The number of methoxy groups -OCH3 is 2. The molecule has 0 unspecified atom stereocenters. The molecule has 0 aliphatic carbocycles. The molecule has 2 aliphatic rings. The van der Waals surface area contributed by atoms with Gasteiger partial charge in [-0.15, -0.1) is 0 Å². The lowest BCUT2D eigenvalue weighted by molar-refractivity contribution is -0.119. The molecule has 132 valence electrons. The van der Waals surface area contributed by atoms with Crippen molar-refractivity contribution in [3.63, 3.8) is 0 Å². The predicted octanol–water partition coefficient (Wildman–Crippen LogP) is 4.72. The van der Waals surface area contributed by atoms with Crippen LogP contribution in [0.3, 0.4) is 0 Å². The molecule has 0 amide bonds. The van der Waals surface area contributed by atoms with Crippen molar-refractivity contribution < 1.29 is 19.0 Å². The molecule has 25 heavy (non-hydrogen) atoms. The monoisotopic (exact) mass is 340 g/mol. The third kappa shape index (κ3) is 4.32. The Balaban J connectivity index is 1.99. The van der Waals surface area contributed by atoms with Crippen LogP contribution in [-0.4, -0.2) is 20.0 Å². The molecule has 4 heteroatoms. The number of carbonyl (C=O) groups is 1. The fourth-order valence-corrected chi connectivity index (χ4v) is 3.09. The number of ketones is 1. The highest BCUT2D eigenvalue weighted by Gasteiger charge is 2.13. The summed E-state index contributed by atoms with van der Waals surface area (Å²) in [5.74, 6) is 2.99. The highest BCUT2D eigenvalue weighted by atomic mass is 16.5. The van der Waals surface area contributed by atoms with Crippen LogP contribution < -0.4 is 14.2 Å². The summed E-state index contributed by atoms with van der Waals surface area (Å²) in [6.07, 6.45) is 4.78. The Morgan fingerprint density at radius 2 is 1.48 bits per heavy atom. The predicted molar refractivity (Wildman–Crippen MR) is 96.9 cm³/mol. The first-order chi connectivity index (χ1) is 12.2. The molecular weight excluding hydrogens is 316 g/mol. The molecule has 0 aromatic heterocycles. The van der Waals surface area contributed by atoms with E-state index in [9.17, 15) is 4.79 Å². The SMILES string of the molecule is COc1cc2ccc1Oc1cc(ccc1OC)CCCCC(=O)CC2. The summed E-state index contributed by atoms with van der Waals surface area (Å²) in [5.41, 5.74) is 2.25. The third-order valence-electron chi connectivity index (χ3n) is 4.54. The summed E-state index contributed by atoms with van der Waals surface area (Å²) in [6, 6.07) is 11.8. The zero-order valence-corrected chi connectivity index (χ0v) is 14.8. The van der Waals surface area contributed by atoms with Gasteiger partial charge in [-0.25, -0.2) is 0 Å². The molecule has 2 aromatic carbocycles. The van der Waals surface area contributed by atoms with Crippen LogP contribution in [0.1, 0.15) is 36.8 Å². The van der Waals surface area contributed by atoms with Gasteiger partial charge in [0.15, 0.2) is 23.0 Å². The summed E-state index contributed by atoms with van der Waals surface area (Å²) in [6.45, 7) is 0. The van der Waals surface area contributed by atoms with Crippen LogP contribution in [0.2, 0.25) is 0 Å². The number of ether oxygens (including phenoxy) is 3. The lowest BCUT2D eigenvalue weighted by Gasteiger charge is -2.15. The number of fused-ring (bicyclic) bond motifs is 8. The Morgan fingerprint density at radius 1 is 0.760 bits per heavy atom. The normalized spacial score (nSPS) is 15.0. The molecule has 2 aliphatic heterocycles. The zero-order valence-electron chi connectivity index (χ0n) is 14.8. The Kier molecular flexibility index (Phi) is 5.59. The van der Waals surface area contributed by atoms with Gasteiger partial charge in [0, 0.05) is 12.8 Å². The van der Waals surface area contributed by atoms with Crippen molar-refractivity contribution in [1.82, 2.24) is 0 Å². The molecule has 0 radical (unpaired) electrons. The highest BCUT2D eigenvalue weighted by Crippen LogP contribution is 2.38. The van der Waals surface area contributed by atoms with Crippen LogP contribution in [-0.2, 0) is 17.6 Å². The molecule has 0 atom stereocenters. The fourth-order valence-electron chi connectivity index (χ4n) is 3.09. The van der Waals surface area contributed by atoms with Gasteiger partial charge in [0.05, 0.1) is 14.2 Å². The quantitative estimate of drug-likeness (QED) is 0.793. The van der Waals surface area contributed by atoms with E-state index in [1.165, 1.54) is 5.56 Å². The second-order valence-electron chi connectivity index (χ2n) is 6.32. The number of benzene rings is 2. The molecule has 4 rings (SSSR count). The van der Waals surface area contributed by atoms with Crippen LogP contribution in [0.5, 0.6) is 23.0 Å². The van der Waals surface area contributed by atoms with Gasteiger partial charge in [-0.05, 0) is 61.1 Å². The molecule has 2 heterocycles. The summed E-state index contributed by atoms with van der Waals surface area (Å²) in [5, 5.41) is 0. The third-order valence-corrected chi connectivity index (χ3v) is 4.54. The molecule has 0 fully saturated rings. The second kappa shape index (κ2) is 8.06. The van der Waals surface area contributed by atoms with E-state index in [0.717, 1.165) is 31.2 Å². The maximum atomic E-state index is 12.1. The average molecular weight is 340 g/mol. The van der Waals surface area contributed by atoms with E-state index < -0.39 is 0 Å². The van der Waals surface area contributed by atoms with Crippen molar-refractivity contribution >= 4 is 5.78 Å². The number of rotatable bonds is 2. The van der Waals surface area contributed by atoms with E-state index in [2.05, 4.69) is 0 Å². The number of hydrogen-bond donors (Lipinski definition) is 0. The van der Waals surface area contributed by atoms with Gasteiger partial charge < -0.3 is 14.2 Å². The maximum Gasteiger partial charge on any atom is 0.169 e. The Morgan fingerprint density at radius 3 is 2.28 bits per heavy atom. The standard InChI is InChI=1S/C21H24O4/c1-23-18-11-8-15-5-3-4-6-17(22)10-7-16-9-12-19(20(13-16)24-2)25-21(18)14-15/h8-9,11-14H,3-7,10H2,1-2H3.